The van der Waals surface area contributed by atoms with Crippen molar-refractivity contribution in [3.63, 3.8) is 0 Å². The number of aromatic nitrogens is 3. The van der Waals surface area contributed by atoms with Crippen LogP contribution in [-0.4, -0.2) is 68.9 Å². The van der Waals surface area contributed by atoms with Crippen molar-refractivity contribution in [3.05, 3.63) is 59.4 Å². The second kappa shape index (κ2) is 10.4. The van der Waals surface area contributed by atoms with Crippen molar-refractivity contribution in [3.8, 4) is 0 Å². The molecule has 2 saturated heterocycles. The number of fused-ring (bicyclic) bond motifs is 1. The first-order valence-corrected chi connectivity index (χ1v) is 13.0. The zero-order chi connectivity index (χ0) is 27.9. The summed E-state index contributed by atoms with van der Waals surface area (Å²) >= 11 is 0. The van der Waals surface area contributed by atoms with Gasteiger partial charge in [0.1, 0.15) is 34.8 Å². The number of carbonyl (C=O) groups excluding carboxylic acids is 2. The van der Waals surface area contributed by atoms with Crippen LogP contribution in [-0.2, 0) is 4.74 Å². The molecule has 39 heavy (non-hydrogen) atoms. The van der Waals surface area contributed by atoms with Gasteiger partial charge in [0.2, 0.25) is 0 Å². The first-order chi connectivity index (χ1) is 18.5. The molecule has 2 amide bonds. The number of rotatable bonds is 4. The fourth-order valence-electron chi connectivity index (χ4n) is 5.12. The maximum atomic E-state index is 15.0. The molecule has 0 saturated carbocycles. The quantitative estimate of drug-likeness (QED) is 0.523. The number of likely N-dealkylation sites (tertiary alicyclic amines) is 1. The molecule has 9 nitrogen and oxygen atoms in total. The topological polar surface area (TPSA) is 92.1 Å². The average molecular weight is 545 g/mol. The lowest BCUT2D eigenvalue weighted by Gasteiger charge is -2.35. The lowest BCUT2D eigenvalue weighted by Crippen LogP contribution is -2.54. The molecule has 0 aliphatic carbocycles. The van der Waals surface area contributed by atoms with Crippen molar-refractivity contribution in [2.75, 3.05) is 24.5 Å². The van der Waals surface area contributed by atoms with E-state index in [0.717, 1.165) is 18.6 Å². The number of alkyl halides is 1. The smallest absolute Gasteiger partial charge is 0.410 e. The van der Waals surface area contributed by atoms with Crippen molar-refractivity contribution in [1.29, 1.82) is 0 Å². The highest BCUT2D eigenvalue weighted by molar-refractivity contribution is 6.00. The van der Waals surface area contributed by atoms with E-state index in [1.54, 1.807) is 33.0 Å². The molecule has 2 fully saturated rings. The molecule has 2 aliphatic rings. The Morgan fingerprint density at radius 2 is 1.92 bits per heavy atom. The SMILES string of the molecule is CC(C)(C)OC(=O)N1CC[C@@H](NC(=O)c2cnn3ccc(N4CCCC4c4cc(F)ccc4F)nc23)[C@@H](F)C1. The van der Waals surface area contributed by atoms with E-state index in [-0.39, 0.29) is 36.3 Å². The van der Waals surface area contributed by atoms with E-state index < -0.39 is 47.5 Å². The predicted octanol–water partition coefficient (Wildman–Crippen LogP) is 4.43. The maximum absolute atomic E-state index is 15.0. The van der Waals surface area contributed by atoms with Gasteiger partial charge in [0.25, 0.3) is 5.91 Å². The third-order valence-corrected chi connectivity index (χ3v) is 6.97. The minimum Gasteiger partial charge on any atom is -0.444 e. The Hall–Kier alpha value is -3.83. The van der Waals surface area contributed by atoms with Crippen LogP contribution in [0.25, 0.3) is 5.65 Å². The molecule has 0 spiro atoms. The summed E-state index contributed by atoms with van der Waals surface area (Å²) in [4.78, 5) is 33.3. The zero-order valence-electron chi connectivity index (χ0n) is 22.0. The fourth-order valence-corrected chi connectivity index (χ4v) is 5.12. The van der Waals surface area contributed by atoms with Crippen LogP contribution in [0.15, 0.2) is 36.7 Å². The monoisotopic (exact) mass is 544 g/mol. The number of carbonyl (C=O) groups is 2. The third kappa shape index (κ3) is 5.64. The van der Waals surface area contributed by atoms with E-state index in [1.165, 1.54) is 21.7 Å². The number of benzene rings is 1. The number of piperidine rings is 1. The molecule has 1 aromatic carbocycles. The van der Waals surface area contributed by atoms with Crippen molar-refractivity contribution < 1.29 is 27.5 Å². The second-order valence-corrected chi connectivity index (χ2v) is 10.9. The number of nitrogens with zero attached hydrogens (tertiary/aromatic N) is 5. The lowest BCUT2D eigenvalue weighted by molar-refractivity contribution is 0.00972. The van der Waals surface area contributed by atoms with E-state index in [0.29, 0.717) is 18.8 Å². The van der Waals surface area contributed by atoms with Crippen molar-refractivity contribution >= 4 is 23.5 Å². The summed E-state index contributed by atoms with van der Waals surface area (Å²) in [5.74, 6) is -1.05. The zero-order valence-corrected chi connectivity index (χ0v) is 22.0. The highest BCUT2D eigenvalue weighted by Gasteiger charge is 2.35. The van der Waals surface area contributed by atoms with Gasteiger partial charge in [-0.25, -0.2) is 27.5 Å². The molecular formula is C27H31F3N6O3. The Morgan fingerprint density at radius 3 is 2.67 bits per heavy atom. The number of nitrogens with one attached hydrogen (secondary N) is 1. The molecule has 208 valence electrons. The van der Waals surface area contributed by atoms with Gasteiger partial charge in [-0.1, -0.05) is 0 Å². The van der Waals surface area contributed by atoms with Crippen molar-refractivity contribution in [2.24, 2.45) is 0 Å². The van der Waals surface area contributed by atoms with Crippen molar-refractivity contribution in [2.45, 2.75) is 63.9 Å². The van der Waals surface area contributed by atoms with Gasteiger partial charge in [-0.3, -0.25) is 4.79 Å². The summed E-state index contributed by atoms with van der Waals surface area (Å²) in [6.07, 6.45) is 2.54. The molecular weight excluding hydrogens is 513 g/mol. The number of hydrogen-bond donors (Lipinski definition) is 1. The largest absolute Gasteiger partial charge is 0.444 e. The van der Waals surface area contributed by atoms with Gasteiger partial charge in [0.05, 0.1) is 24.8 Å². The average Bonchev–Trinajstić information content (AvgIpc) is 3.52. The normalized spacial score (nSPS) is 21.8. The molecule has 5 rings (SSSR count). The van der Waals surface area contributed by atoms with Gasteiger partial charge in [-0.15, -0.1) is 0 Å². The van der Waals surface area contributed by atoms with Gasteiger partial charge in [0.15, 0.2) is 5.65 Å². The molecule has 12 heteroatoms. The van der Waals surface area contributed by atoms with Crippen LogP contribution in [0.2, 0.25) is 0 Å². The molecule has 0 radical (unpaired) electrons. The molecule has 0 bridgehead atoms. The minimum absolute atomic E-state index is 0.159. The summed E-state index contributed by atoms with van der Waals surface area (Å²) in [5.41, 5.74) is -0.0141. The lowest BCUT2D eigenvalue weighted by atomic mass is 10.0. The summed E-state index contributed by atoms with van der Waals surface area (Å²) in [6.45, 7) is 5.85. The summed E-state index contributed by atoms with van der Waals surface area (Å²) < 4.78 is 50.1. The van der Waals surface area contributed by atoms with Crippen LogP contribution in [0, 0.1) is 11.6 Å². The van der Waals surface area contributed by atoms with E-state index in [4.69, 9.17) is 4.74 Å². The van der Waals surface area contributed by atoms with Gasteiger partial charge in [0, 0.05) is 24.8 Å². The Balaban J connectivity index is 1.31. The molecule has 1 N–H and O–H groups in total. The highest BCUT2D eigenvalue weighted by atomic mass is 19.1. The highest BCUT2D eigenvalue weighted by Crippen LogP contribution is 2.37. The van der Waals surface area contributed by atoms with Crippen LogP contribution in [0.5, 0.6) is 0 Å². The number of ether oxygens (including phenoxy) is 1. The molecule has 2 aliphatic heterocycles. The maximum Gasteiger partial charge on any atom is 0.410 e. The van der Waals surface area contributed by atoms with E-state index in [1.807, 2.05) is 4.90 Å². The predicted molar refractivity (Wildman–Crippen MR) is 137 cm³/mol. The number of anilines is 1. The number of halogens is 3. The molecule has 2 aromatic heterocycles. The van der Waals surface area contributed by atoms with E-state index in [9.17, 15) is 22.8 Å². The van der Waals surface area contributed by atoms with Crippen LogP contribution >= 0.6 is 0 Å². The first kappa shape index (κ1) is 26.8. The second-order valence-electron chi connectivity index (χ2n) is 10.9. The number of hydrogen-bond acceptors (Lipinski definition) is 6. The molecule has 1 unspecified atom stereocenters. The Kier molecular flexibility index (Phi) is 7.13. The molecule has 4 heterocycles. The van der Waals surface area contributed by atoms with Gasteiger partial charge in [-0.2, -0.15) is 5.10 Å². The van der Waals surface area contributed by atoms with E-state index >= 15 is 0 Å². The minimum atomic E-state index is -1.48. The van der Waals surface area contributed by atoms with Gasteiger partial charge in [-0.05, 0) is 64.3 Å². The first-order valence-electron chi connectivity index (χ1n) is 13.0. The Morgan fingerprint density at radius 1 is 1.13 bits per heavy atom. The van der Waals surface area contributed by atoms with Crippen molar-refractivity contribution in [1.82, 2.24) is 24.8 Å². The Labute approximate surface area is 223 Å². The van der Waals surface area contributed by atoms with Crippen LogP contribution in [0.4, 0.5) is 23.8 Å². The van der Waals surface area contributed by atoms with Crippen LogP contribution in [0.3, 0.4) is 0 Å². The summed E-state index contributed by atoms with van der Waals surface area (Å²) in [5, 5.41) is 6.91. The summed E-state index contributed by atoms with van der Waals surface area (Å²) in [6, 6.07) is 3.92. The van der Waals surface area contributed by atoms with Gasteiger partial charge < -0.3 is 19.9 Å². The van der Waals surface area contributed by atoms with Gasteiger partial charge >= 0.3 is 6.09 Å². The molecule has 3 atom stereocenters. The van der Waals surface area contributed by atoms with Crippen LogP contribution < -0.4 is 10.2 Å². The number of amides is 2. The Bertz CT molecular complexity index is 1390. The molecule has 3 aromatic rings. The standard InChI is InChI=1S/C27H31F3N6O3/c1-27(2,3)39-26(38)34-11-8-21(20(30)15-34)32-25(37)18-14-31-36-12-9-23(33-24(18)36)35-10-4-5-22(35)17-13-16(28)6-7-19(17)29/h6-7,9,12-14,20-22H,4-5,8,10-11,15H2,1-3H3,(H,32,37)/t20-,21+,22?/m0/s1. The van der Waals surface area contributed by atoms with E-state index in [2.05, 4.69) is 15.4 Å². The fraction of sp³-hybridized carbons (Fsp3) is 0.481. The van der Waals surface area contributed by atoms with Crippen LogP contribution in [0.1, 0.15) is 62.0 Å². The summed E-state index contributed by atoms with van der Waals surface area (Å²) in [7, 11) is 0. The third-order valence-electron chi connectivity index (χ3n) is 6.97.